The Hall–Kier alpha value is -3.70. The van der Waals surface area contributed by atoms with Gasteiger partial charge in [0.15, 0.2) is 0 Å². The van der Waals surface area contributed by atoms with E-state index in [1.165, 1.54) is 7.11 Å². The number of methoxy groups -OCH3 is 2. The Balaban J connectivity index is 1.38. The monoisotopic (exact) mass is 581 g/mol. The molecule has 2 atom stereocenters. The van der Waals surface area contributed by atoms with Crippen LogP contribution in [0.1, 0.15) is 38.2 Å². The number of nitrogens with two attached hydrogens (primary N) is 1. The van der Waals surface area contributed by atoms with Crippen molar-refractivity contribution in [3.63, 3.8) is 0 Å². The van der Waals surface area contributed by atoms with Crippen molar-refractivity contribution in [3.05, 3.63) is 87.0 Å². The zero-order valence-electron chi connectivity index (χ0n) is 24.1. The number of anilines is 1. The molecule has 41 heavy (non-hydrogen) atoms. The maximum Gasteiger partial charge on any atom is 0.338 e. The minimum absolute atomic E-state index is 0.0544. The number of nitrogens with one attached hydrogen (secondary N) is 1. The molecule has 2 aliphatic rings. The summed E-state index contributed by atoms with van der Waals surface area (Å²) in [6.45, 7) is 7.76. The van der Waals surface area contributed by atoms with Crippen molar-refractivity contribution in [3.8, 4) is 5.75 Å². The minimum Gasteiger partial charge on any atom is -0.495 e. The van der Waals surface area contributed by atoms with Crippen LogP contribution in [0.2, 0.25) is 0 Å². The van der Waals surface area contributed by atoms with Crippen LogP contribution in [-0.4, -0.2) is 68.0 Å². The van der Waals surface area contributed by atoms with Gasteiger partial charge in [-0.15, -0.1) is 11.8 Å². The third-order valence-electron chi connectivity index (χ3n) is 7.78. The number of carbonyl (C=O) groups excluding carboxylic acids is 1. The molecule has 4 rings (SSSR count). The molecule has 2 aromatic rings. The molecular formula is C30H39N5O5S. The number of piperazine rings is 1. The first-order valence-corrected chi connectivity index (χ1v) is 14.8. The number of dihydropyridines is 1. The van der Waals surface area contributed by atoms with Gasteiger partial charge in [-0.25, -0.2) is 4.79 Å². The van der Waals surface area contributed by atoms with E-state index in [0.29, 0.717) is 17.3 Å². The summed E-state index contributed by atoms with van der Waals surface area (Å²) < 4.78 is 10.5. The maximum atomic E-state index is 12.7. The number of ether oxygens (including phenoxy) is 2. The van der Waals surface area contributed by atoms with Gasteiger partial charge in [-0.3, -0.25) is 15.0 Å². The first-order valence-electron chi connectivity index (χ1n) is 13.8. The molecule has 0 radical (unpaired) electrons. The molecule has 10 nitrogen and oxygen atoms in total. The number of hydrogen-bond acceptors (Lipinski definition) is 10. The number of para-hydroxylation sites is 2. The predicted molar refractivity (Wildman–Crippen MR) is 161 cm³/mol. The topological polar surface area (TPSA) is 123 Å². The van der Waals surface area contributed by atoms with Gasteiger partial charge in [-0.1, -0.05) is 30.3 Å². The molecule has 1 fully saturated rings. The van der Waals surface area contributed by atoms with Crippen LogP contribution in [0, 0.1) is 10.1 Å². The van der Waals surface area contributed by atoms with Crippen LogP contribution in [0.15, 0.2) is 76.2 Å². The molecule has 0 bridgehead atoms. The van der Waals surface area contributed by atoms with Gasteiger partial charge < -0.3 is 25.4 Å². The van der Waals surface area contributed by atoms with Gasteiger partial charge in [-0.2, -0.15) is 0 Å². The van der Waals surface area contributed by atoms with Crippen LogP contribution < -0.4 is 20.7 Å². The van der Waals surface area contributed by atoms with E-state index in [1.54, 1.807) is 25.8 Å². The Kier molecular flexibility index (Phi) is 10.2. The second kappa shape index (κ2) is 13.8. The van der Waals surface area contributed by atoms with Crippen LogP contribution in [0.4, 0.5) is 5.69 Å². The molecule has 1 saturated heterocycles. The van der Waals surface area contributed by atoms with Gasteiger partial charge in [0.1, 0.15) is 17.5 Å². The molecule has 11 heteroatoms. The fraction of sp³-hybridized carbons (Fsp3) is 0.433. The van der Waals surface area contributed by atoms with Crippen molar-refractivity contribution < 1.29 is 19.2 Å². The number of nitro groups is 1. The van der Waals surface area contributed by atoms with E-state index < -0.39 is 16.8 Å². The summed E-state index contributed by atoms with van der Waals surface area (Å²) in [5.41, 5.74) is 8.24. The third-order valence-corrected chi connectivity index (χ3v) is 8.95. The fourth-order valence-corrected chi connectivity index (χ4v) is 6.67. The molecule has 0 amide bonds. The van der Waals surface area contributed by atoms with E-state index in [0.717, 1.165) is 61.1 Å². The predicted octanol–water partition coefficient (Wildman–Crippen LogP) is 4.32. The number of carbonyl (C=O) groups is 1. The average molecular weight is 582 g/mol. The Morgan fingerprint density at radius 1 is 1.15 bits per heavy atom. The van der Waals surface area contributed by atoms with Crippen molar-refractivity contribution in [1.82, 2.24) is 10.2 Å². The molecule has 2 aliphatic heterocycles. The third kappa shape index (κ3) is 6.79. The molecule has 0 saturated carbocycles. The van der Waals surface area contributed by atoms with Gasteiger partial charge in [0.05, 0.1) is 36.1 Å². The Morgan fingerprint density at radius 3 is 2.51 bits per heavy atom. The summed E-state index contributed by atoms with van der Waals surface area (Å²) in [7, 11) is 2.96. The minimum atomic E-state index is -0.930. The average Bonchev–Trinajstić information content (AvgIpc) is 2.98. The van der Waals surface area contributed by atoms with Crippen LogP contribution in [-0.2, 0) is 9.53 Å². The van der Waals surface area contributed by atoms with Crippen molar-refractivity contribution in [2.75, 3.05) is 51.1 Å². The number of thioether (sulfide) groups is 1. The van der Waals surface area contributed by atoms with Crippen LogP contribution >= 0.6 is 11.8 Å². The highest BCUT2D eigenvalue weighted by Crippen LogP contribution is 2.42. The van der Waals surface area contributed by atoms with Crippen LogP contribution in [0.25, 0.3) is 0 Å². The lowest BCUT2D eigenvalue weighted by molar-refractivity contribution is -0.431. The molecule has 2 aromatic carbocycles. The molecular weight excluding hydrogens is 542 g/mol. The zero-order valence-corrected chi connectivity index (χ0v) is 24.9. The lowest BCUT2D eigenvalue weighted by Crippen LogP contribution is -2.49. The molecule has 0 aliphatic carbocycles. The van der Waals surface area contributed by atoms with Gasteiger partial charge in [-0.05, 0) is 56.2 Å². The standard InChI is InChI=1S/C30H39N5O5S/c1-20(33-15-17-34(18-16-33)23-12-6-7-13-24(23)39-3)10-9-19-41-25-14-8-5-11-22(25)26-27(30(36)40-4)29(31)32-21(2)28(26)35(37)38/h5-8,11-14,20,26,32H,9-10,15-19,31H2,1-4H3. The van der Waals surface area contributed by atoms with Crippen LogP contribution in [0.3, 0.4) is 0 Å². The molecule has 3 N–H and O–H groups in total. The second-order valence-electron chi connectivity index (χ2n) is 10.2. The quantitative estimate of drug-likeness (QED) is 0.130. The number of hydrogen-bond donors (Lipinski definition) is 2. The SMILES string of the molecule is COC(=O)C1=C(N)NC(C)=C([N+](=O)[O-])C1c1ccccc1SCCCC(C)N1CCN(c2ccccc2OC)CC1. The lowest BCUT2D eigenvalue weighted by Gasteiger charge is -2.39. The summed E-state index contributed by atoms with van der Waals surface area (Å²) in [6, 6.07) is 16.1. The van der Waals surface area contributed by atoms with E-state index in [-0.39, 0.29) is 17.1 Å². The Morgan fingerprint density at radius 2 is 1.83 bits per heavy atom. The summed E-state index contributed by atoms with van der Waals surface area (Å²) in [4.78, 5) is 30.2. The van der Waals surface area contributed by atoms with E-state index >= 15 is 0 Å². The maximum absolute atomic E-state index is 12.7. The van der Waals surface area contributed by atoms with Gasteiger partial charge in [0, 0.05) is 37.1 Å². The number of esters is 1. The smallest absolute Gasteiger partial charge is 0.338 e. The molecule has 2 heterocycles. The largest absolute Gasteiger partial charge is 0.495 e. The van der Waals surface area contributed by atoms with Crippen LogP contribution in [0.5, 0.6) is 5.75 Å². The van der Waals surface area contributed by atoms with Crippen molar-refractivity contribution >= 4 is 23.4 Å². The number of rotatable bonds is 11. The van der Waals surface area contributed by atoms with E-state index in [4.69, 9.17) is 15.2 Å². The summed E-state index contributed by atoms with van der Waals surface area (Å²) in [5, 5.41) is 14.9. The van der Waals surface area contributed by atoms with Crippen molar-refractivity contribution in [1.29, 1.82) is 0 Å². The lowest BCUT2D eigenvalue weighted by atomic mass is 9.85. The van der Waals surface area contributed by atoms with Crippen molar-refractivity contribution in [2.45, 2.75) is 43.5 Å². The highest BCUT2D eigenvalue weighted by molar-refractivity contribution is 7.99. The molecule has 2 unspecified atom stereocenters. The van der Waals surface area contributed by atoms with E-state index in [1.807, 2.05) is 42.5 Å². The number of nitrogens with zero attached hydrogens (tertiary/aromatic N) is 3. The van der Waals surface area contributed by atoms with Crippen molar-refractivity contribution in [2.24, 2.45) is 5.73 Å². The number of benzene rings is 2. The highest BCUT2D eigenvalue weighted by Gasteiger charge is 2.42. The highest BCUT2D eigenvalue weighted by atomic mass is 32.2. The van der Waals surface area contributed by atoms with Gasteiger partial charge in [0.2, 0.25) is 0 Å². The zero-order chi connectivity index (χ0) is 29.5. The first kappa shape index (κ1) is 30.3. The van der Waals surface area contributed by atoms with E-state index in [9.17, 15) is 14.9 Å². The Labute approximate surface area is 245 Å². The first-order chi connectivity index (χ1) is 19.8. The van der Waals surface area contributed by atoms with Gasteiger partial charge in [0.25, 0.3) is 5.70 Å². The van der Waals surface area contributed by atoms with E-state index in [2.05, 4.69) is 28.1 Å². The molecule has 0 aromatic heterocycles. The normalized spacial score (nSPS) is 18.6. The molecule has 0 spiro atoms. The fourth-order valence-electron chi connectivity index (χ4n) is 5.61. The molecule has 220 valence electrons. The van der Waals surface area contributed by atoms with Gasteiger partial charge >= 0.3 is 5.97 Å². The summed E-state index contributed by atoms with van der Waals surface area (Å²) in [5.74, 6) is 0.205. The number of allylic oxidation sites excluding steroid dienone is 2. The second-order valence-corrected chi connectivity index (χ2v) is 11.4. The Bertz CT molecular complexity index is 1320. The summed E-state index contributed by atoms with van der Waals surface area (Å²) >= 11 is 1.65. The summed E-state index contributed by atoms with van der Waals surface area (Å²) in [6.07, 6.45) is 2.02.